The van der Waals surface area contributed by atoms with Crippen LogP contribution in [0, 0.1) is 0 Å². The third-order valence-electron chi connectivity index (χ3n) is 5.52. The molecule has 4 rings (SSSR count). The number of aromatic nitrogens is 4. The van der Waals surface area contributed by atoms with Crippen LogP contribution in [0.15, 0.2) is 16.9 Å². The summed E-state index contributed by atoms with van der Waals surface area (Å²) >= 11 is 0. The van der Waals surface area contributed by atoms with Crippen LogP contribution in [0.1, 0.15) is 31.4 Å². The number of fused-ring (bicyclic) bond motifs is 1. The third-order valence-corrected chi connectivity index (χ3v) is 5.52. The summed E-state index contributed by atoms with van der Waals surface area (Å²) in [7, 11) is 3.86. The molecule has 2 aromatic rings. The molecule has 2 aromatic heterocycles. The molecule has 0 spiro atoms. The first-order valence-electron chi connectivity index (χ1n) is 9.96. The van der Waals surface area contributed by atoms with Crippen LogP contribution in [-0.2, 0) is 20.0 Å². The highest BCUT2D eigenvalue weighted by Crippen LogP contribution is 2.21. The normalized spacial score (nSPS) is 18.7. The minimum atomic E-state index is -0.129. The number of piperidine rings is 1. The van der Waals surface area contributed by atoms with E-state index in [4.69, 9.17) is 5.10 Å². The molecule has 8 nitrogen and oxygen atoms in total. The highest BCUT2D eigenvalue weighted by atomic mass is 16.1. The van der Waals surface area contributed by atoms with Gasteiger partial charge in [-0.3, -0.25) is 9.48 Å². The summed E-state index contributed by atoms with van der Waals surface area (Å²) in [5, 5.41) is 12.4. The number of likely N-dealkylation sites (N-methyl/N-ethyl adjacent to an activating group) is 1. The first kappa shape index (κ1) is 18.0. The highest BCUT2D eigenvalue weighted by molar-refractivity contribution is 5.59. The minimum absolute atomic E-state index is 0.129. The molecule has 2 aliphatic rings. The van der Waals surface area contributed by atoms with E-state index in [2.05, 4.69) is 38.0 Å². The second-order valence-corrected chi connectivity index (χ2v) is 7.67. The predicted octanol–water partition coefficient (Wildman–Crippen LogP) is 1.59. The van der Waals surface area contributed by atoms with E-state index < -0.39 is 0 Å². The number of hydrogen-bond donors (Lipinski definition) is 1. The lowest BCUT2D eigenvalue weighted by Gasteiger charge is -2.28. The second kappa shape index (κ2) is 7.72. The zero-order valence-electron chi connectivity index (χ0n) is 16.3. The quantitative estimate of drug-likeness (QED) is 0.884. The van der Waals surface area contributed by atoms with E-state index in [0.717, 1.165) is 57.2 Å². The van der Waals surface area contributed by atoms with Gasteiger partial charge in [0.15, 0.2) is 11.6 Å². The summed E-state index contributed by atoms with van der Waals surface area (Å²) in [6.45, 7) is 4.97. The summed E-state index contributed by atoms with van der Waals surface area (Å²) in [5.41, 5.74) is 1.64. The Hall–Kier alpha value is -2.35. The van der Waals surface area contributed by atoms with Gasteiger partial charge in [0.25, 0.3) is 5.56 Å². The molecule has 2 aliphatic heterocycles. The molecule has 0 bridgehead atoms. The molecule has 0 aromatic carbocycles. The molecule has 27 heavy (non-hydrogen) atoms. The van der Waals surface area contributed by atoms with E-state index in [0.29, 0.717) is 5.69 Å². The van der Waals surface area contributed by atoms with Crippen LogP contribution < -0.4 is 15.8 Å². The van der Waals surface area contributed by atoms with Crippen LogP contribution in [-0.4, -0.2) is 57.7 Å². The van der Waals surface area contributed by atoms with Gasteiger partial charge in [-0.25, -0.2) is 4.68 Å². The number of rotatable bonds is 3. The van der Waals surface area contributed by atoms with Gasteiger partial charge in [0, 0.05) is 44.5 Å². The standard InChI is InChI=1S/C19H29N7O/c1-23-8-6-7-15-13-17(21-26(15)12-11-23)20-16-14-18(22-24(2)19(16)27)25-9-4-3-5-10-25/h13-14H,3-12H2,1-2H3,(H,20,21). The average molecular weight is 371 g/mol. The fraction of sp³-hybridized carbons (Fsp3) is 0.632. The van der Waals surface area contributed by atoms with Crippen LogP contribution in [0.2, 0.25) is 0 Å². The van der Waals surface area contributed by atoms with E-state index in [1.54, 1.807) is 7.05 Å². The van der Waals surface area contributed by atoms with E-state index in [9.17, 15) is 4.79 Å². The van der Waals surface area contributed by atoms with Crippen LogP contribution in [0.3, 0.4) is 0 Å². The Balaban J connectivity index is 1.59. The van der Waals surface area contributed by atoms with Crippen LogP contribution in [0.4, 0.5) is 17.3 Å². The molecule has 0 atom stereocenters. The molecule has 4 heterocycles. The Morgan fingerprint density at radius 3 is 2.56 bits per heavy atom. The molecule has 0 aliphatic carbocycles. The van der Waals surface area contributed by atoms with Crippen molar-refractivity contribution in [3.05, 3.63) is 28.2 Å². The highest BCUT2D eigenvalue weighted by Gasteiger charge is 2.17. The number of aryl methyl sites for hydroxylation is 2. The zero-order valence-corrected chi connectivity index (χ0v) is 16.3. The summed E-state index contributed by atoms with van der Waals surface area (Å²) in [4.78, 5) is 17.2. The van der Waals surface area contributed by atoms with Crippen molar-refractivity contribution in [3.8, 4) is 0 Å². The van der Waals surface area contributed by atoms with Crippen molar-refractivity contribution in [2.24, 2.45) is 7.05 Å². The Labute approximate surface area is 159 Å². The van der Waals surface area contributed by atoms with Gasteiger partial charge in [-0.15, -0.1) is 0 Å². The zero-order chi connectivity index (χ0) is 18.8. The SMILES string of the molecule is CN1CCCc2cc(Nc3cc(N4CCCCC4)nn(C)c3=O)nn2CC1. The van der Waals surface area contributed by atoms with Crippen LogP contribution in [0.25, 0.3) is 0 Å². The third kappa shape index (κ3) is 4.00. The van der Waals surface area contributed by atoms with Crippen molar-refractivity contribution in [1.29, 1.82) is 0 Å². The van der Waals surface area contributed by atoms with Gasteiger partial charge in [-0.1, -0.05) is 0 Å². The molecule has 0 amide bonds. The fourth-order valence-electron chi connectivity index (χ4n) is 3.92. The molecule has 0 radical (unpaired) electrons. The van der Waals surface area contributed by atoms with Crippen LogP contribution in [0.5, 0.6) is 0 Å². The number of anilines is 3. The summed E-state index contributed by atoms with van der Waals surface area (Å²) in [6.07, 6.45) is 5.75. The second-order valence-electron chi connectivity index (χ2n) is 7.67. The lowest BCUT2D eigenvalue weighted by atomic mass is 10.1. The van der Waals surface area contributed by atoms with E-state index in [1.165, 1.54) is 29.6 Å². The van der Waals surface area contributed by atoms with Crippen molar-refractivity contribution in [3.63, 3.8) is 0 Å². The Bertz CT molecular complexity index is 850. The molecule has 1 fully saturated rings. The Kier molecular flexibility index (Phi) is 5.15. The van der Waals surface area contributed by atoms with E-state index >= 15 is 0 Å². The molecular weight excluding hydrogens is 342 g/mol. The number of hydrogen-bond acceptors (Lipinski definition) is 6. The molecular formula is C19H29N7O. The van der Waals surface area contributed by atoms with Crippen molar-refractivity contribution in [2.75, 3.05) is 43.4 Å². The first-order chi connectivity index (χ1) is 13.1. The molecule has 146 valence electrons. The molecule has 0 saturated carbocycles. The molecule has 1 saturated heterocycles. The maximum absolute atomic E-state index is 12.6. The summed E-state index contributed by atoms with van der Waals surface area (Å²) in [6, 6.07) is 3.95. The van der Waals surface area contributed by atoms with E-state index in [-0.39, 0.29) is 5.56 Å². The summed E-state index contributed by atoms with van der Waals surface area (Å²) < 4.78 is 3.49. The van der Waals surface area contributed by atoms with E-state index in [1.807, 2.05) is 6.07 Å². The van der Waals surface area contributed by atoms with Gasteiger partial charge < -0.3 is 15.1 Å². The van der Waals surface area contributed by atoms with Crippen molar-refractivity contribution in [2.45, 2.75) is 38.6 Å². The topological polar surface area (TPSA) is 71.2 Å². The maximum atomic E-state index is 12.6. The lowest BCUT2D eigenvalue weighted by Crippen LogP contribution is -2.33. The average Bonchev–Trinajstić information content (AvgIpc) is 3.03. The van der Waals surface area contributed by atoms with Gasteiger partial charge in [-0.05, 0) is 45.7 Å². The molecule has 8 heteroatoms. The fourth-order valence-corrected chi connectivity index (χ4v) is 3.92. The minimum Gasteiger partial charge on any atom is -0.355 e. The van der Waals surface area contributed by atoms with Crippen molar-refractivity contribution >= 4 is 17.3 Å². The predicted molar refractivity (Wildman–Crippen MR) is 107 cm³/mol. The smallest absolute Gasteiger partial charge is 0.290 e. The van der Waals surface area contributed by atoms with Gasteiger partial charge >= 0.3 is 0 Å². The van der Waals surface area contributed by atoms with Gasteiger partial charge in [0.05, 0.1) is 6.54 Å². The van der Waals surface area contributed by atoms with Crippen molar-refractivity contribution in [1.82, 2.24) is 24.5 Å². The Morgan fingerprint density at radius 1 is 0.926 bits per heavy atom. The van der Waals surface area contributed by atoms with Gasteiger partial charge in [0.1, 0.15) is 5.69 Å². The van der Waals surface area contributed by atoms with Gasteiger partial charge in [-0.2, -0.15) is 10.2 Å². The first-order valence-corrected chi connectivity index (χ1v) is 9.96. The van der Waals surface area contributed by atoms with Crippen LogP contribution >= 0.6 is 0 Å². The lowest BCUT2D eigenvalue weighted by molar-refractivity contribution is 0.292. The summed E-state index contributed by atoms with van der Waals surface area (Å²) in [5.74, 6) is 1.60. The Morgan fingerprint density at radius 2 is 1.74 bits per heavy atom. The number of nitrogens with one attached hydrogen (secondary N) is 1. The largest absolute Gasteiger partial charge is 0.355 e. The van der Waals surface area contributed by atoms with Crippen molar-refractivity contribution < 1.29 is 0 Å². The maximum Gasteiger partial charge on any atom is 0.290 e. The number of nitrogens with zero attached hydrogens (tertiary/aromatic N) is 6. The molecule has 0 unspecified atom stereocenters. The molecule has 1 N–H and O–H groups in total. The van der Waals surface area contributed by atoms with Gasteiger partial charge in [0.2, 0.25) is 0 Å². The monoisotopic (exact) mass is 371 g/mol.